The lowest BCUT2D eigenvalue weighted by Crippen LogP contribution is -2.19. The van der Waals surface area contributed by atoms with E-state index < -0.39 is 0 Å². The Morgan fingerprint density at radius 2 is 1.95 bits per heavy atom. The Balaban J connectivity index is 1.99. The molecule has 20 heavy (non-hydrogen) atoms. The van der Waals surface area contributed by atoms with Crippen LogP contribution in [0.5, 0.6) is 5.75 Å². The molecule has 0 fully saturated rings. The van der Waals surface area contributed by atoms with E-state index in [9.17, 15) is 9.90 Å². The molecule has 0 saturated carbocycles. The van der Waals surface area contributed by atoms with Crippen molar-refractivity contribution in [2.24, 2.45) is 5.10 Å². The van der Waals surface area contributed by atoms with Crippen molar-refractivity contribution in [3.05, 3.63) is 59.1 Å². The molecule has 0 bridgehead atoms. The van der Waals surface area contributed by atoms with Crippen LogP contribution in [0.2, 0.25) is 5.02 Å². The minimum absolute atomic E-state index is 0.118. The molecule has 1 amide bonds. The lowest BCUT2D eigenvalue weighted by atomic mass is 10.1. The van der Waals surface area contributed by atoms with E-state index >= 15 is 0 Å². The van der Waals surface area contributed by atoms with Gasteiger partial charge >= 0.3 is 0 Å². The first kappa shape index (κ1) is 12.7. The van der Waals surface area contributed by atoms with Gasteiger partial charge in [0.1, 0.15) is 5.75 Å². The number of hydrogen-bond acceptors (Lipinski definition) is 3. The van der Waals surface area contributed by atoms with Crippen LogP contribution in [0.1, 0.15) is 12.0 Å². The Labute approximate surface area is 120 Å². The SMILES string of the molecule is O=C1CC(c2ccccc2O)=NN1c1cccc(Cl)c1. The van der Waals surface area contributed by atoms with Gasteiger partial charge in [0.2, 0.25) is 0 Å². The van der Waals surface area contributed by atoms with E-state index in [1.165, 1.54) is 5.01 Å². The predicted octanol–water partition coefficient (Wildman–Crippen LogP) is 3.19. The average Bonchev–Trinajstić information content (AvgIpc) is 2.81. The van der Waals surface area contributed by atoms with Crippen LogP contribution in [0.3, 0.4) is 0 Å². The second kappa shape index (κ2) is 4.98. The molecule has 1 N–H and O–H groups in total. The highest BCUT2D eigenvalue weighted by Gasteiger charge is 2.27. The number of carbonyl (C=O) groups is 1. The van der Waals surface area contributed by atoms with Crippen LogP contribution in [0, 0.1) is 0 Å². The quantitative estimate of drug-likeness (QED) is 0.922. The van der Waals surface area contributed by atoms with Crippen molar-refractivity contribution in [2.75, 3.05) is 5.01 Å². The smallest absolute Gasteiger partial charge is 0.253 e. The van der Waals surface area contributed by atoms with Gasteiger partial charge in [-0.15, -0.1) is 0 Å². The van der Waals surface area contributed by atoms with Crippen molar-refractivity contribution in [1.29, 1.82) is 0 Å². The molecule has 0 atom stereocenters. The summed E-state index contributed by atoms with van der Waals surface area (Å²) in [4.78, 5) is 12.1. The van der Waals surface area contributed by atoms with E-state index in [0.717, 1.165) is 0 Å². The monoisotopic (exact) mass is 286 g/mol. The first-order chi connectivity index (χ1) is 9.65. The number of anilines is 1. The second-order valence-corrected chi connectivity index (χ2v) is 4.86. The Kier molecular flexibility index (Phi) is 3.16. The lowest BCUT2D eigenvalue weighted by molar-refractivity contribution is -0.116. The number of aromatic hydroxyl groups is 1. The van der Waals surface area contributed by atoms with E-state index in [1.54, 1.807) is 48.5 Å². The average molecular weight is 287 g/mol. The summed E-state index contributed by atoms with van der Waals surface area (Å²) in [6.07, 6.45) is 0.157. The van der Waals surface area contributed by atoms with Gasteiger partial charge in [0.25, 0.3) is 5.91 Å². The maximum atomic E-state index is 12.1. The highest BCUT2D eigenvalue weighted by Crippen LogP contribution is 2.27. The lowest BCUT2D eigenvalue weighted by Gasteiger charge is -2.11. The molecule has 2 aromatic rings. The molecule has 3 rings (SSSR count). The maximum Gasteiger partial charge on any atom is 0.253 e. The van der Waals surface area contributed by atoms with Gasteiger partial charge in [-0.1, -0.05) is 29.8 Å². The third-order valence-electron chi connectivity index (χ3n) is 3.04. The molecule has 1 heterocycles. The Morgan fingerprint density at radius 1 is 1.15 bits per heavy atom. The first-order valence-corrected chi connectivity index (χ1v) is 6.47. The predicted molar refractivity (Wildman–Crippen MR) is 78.2 cm³/mol. The van der Waals surface area contributed by atoms with Crippen LogP contribution >= 0.6 is 11.6 Å². The van der Waals surface area contributed by atoms with Crippen molar-refractivity contribution in [3.8, 4) is 5.75 Å². The molecule has 4 nitrogen and oxygen atoms in total. The number of phenols is 1. The number of hydrogen-bond donors (Lipinski definition) is 1. The number of nitrogens with zero attached hydrogens (tertiary/aromatic N) is 2. The zero-order valence-corrected chi connectivity index (χ0v) is 11.2. The zero-order chi connectivity index (χ0) is 14.1. The molecule has 2 aromatic carbocycles. The fourth-order valence-electron chi connectivity index (χ4n) is 2.11. The van der Waals surface area contributed by atoms with Crippen LogP contribution in [-0.4, -0.2) is 16.7 Å². The third kappa shape index (κ3) is 2.26. The van der Waals surface area contributed by atoms with E-state index in [4.69, 9.17) is 11.6 Å². The number of phenolic OH excluding ortho intramolecular Hbond substituents is 1. The molecule has 1 aliphatic heterocycles. The summed E-state index contributed by atoms with van der Waals surface area (Å²) >= 11 is 5.92. The highest BCUT2D eigenvalue weighted by molar-refractivity contribution is 6.31. The first-order valence-electron chi connectivity index (χ1n) is 6.09. The molecule has 0 aliphatic carbocycles. The molecular formula is C15H11ClN2O2. The summed E-state index contributed by atoms with van der Waals surface area (Å²) in [5, 5.41) is 16.0. The highest BCUT2D eigenvalue weighted by atomic mass is 35.5. The number of rotatable bonds is 2. The largest absolute Gasteiger partial charge is 0.507 e. The normalized spacial score (nSPS) is 14.6. The molecule has 0 radical (unpaired) electrons. The van der Waals surface area contributed by atoms with E-state index in [-0.39, 0.29) is 18.1 Å². The summed E-state index contributed by atoms with van der Waals surface area (Å²) in [5.41, 5.74) is 1.74. The minimum Gasteiger partial charge on any atom is -0.507 e. The number of benzene rings is 2. The van der Waals surface area contributed by atoms with Crippen LogP contribution in [-0.2, 0) is 4.79 Å². The van der Waals surface area contributed by atoms with Gasteiger partial charge in [-0.2, -0.15) is 5.10 Å². The van der Waals surface area contributed by atoms with E-state index in [1.807, 2.05) is 0 Å². The zero-order valence-electron chi connectivity index (χ0n) is 10.5. The fourth-order valence-corrected chi connectivity index (χ4v) is 2.29. The van der Waals surface area contributed by atoms with E-state index in [0.29, 0.717) is 22.0 Å². The second-order valence-electron chi connectivity index (χ2n) is 4.43. The summed E-state index contributed by atoms with van der Waals surface area (Å²) in [6, 6.07) is 13.8. The summed E-state index contributed by atoms with van der Waals surface area (Å²) in [7, 11) is 0. The van der Waals surface area contributed by atoms with Gasteiger partial charge in [0, 0.05) is 10.6 Å². The molecule has 100 valence electrons. The number of hydrazone groups is 1. The summed E-state index contributed by atoms with van der Waals surface area (Å²) in [5.74, 6) is -0.0301. The molecule has 0 unspecified atom stereocenters. The number of halogens is 1. The molecule has 0 saturated heterocycles. The molecule has 0 spiro atoms. The van der Waals surface area contributed by atoms with Gasteiger partial charge in [0.05, 0.1) is 17.8 Å². The number of para-hydroxylation sites is 1. The minimum atomic E-state index is -0.148. The maximum absolute atomic E-state index is 12.1. The van der Waals surface area contributed by atoms with Gasteiger partial charge in [-0.25, -0.2) is 5.01 Å². The van der Waals surface area contributed by atoms with Crippen molar-refractivity contribution in [2.45, 2.75) is 6.42 Å². The molecular weight excluding hydrogens is 276 g/mol. The molecule has 1 aliphatic rings. The topological polar surface area (TPSA) is 52.9 Å². The van der Waals surface area contributed by atoms with Crippen molar-refractivity contribution in [1.82, 2.24) is 0 Å². The van der Waals surface area contributed by atoms with Crippen molar-refractivity contribution >= 4 is 28.9 Å². The molecule has 5 heteroatoms. The van der Waals surface area contributed by atoms with Crippen LogP contribution in [0.4, 0.5) is 5.69 Å². The number of carbonyl (C=O) groups excluding carboxylic acids is 1. The molecule has 0 aromatic heterocycles. The van der Waals surface area contributed by atoms with E-state index in [2.05, 4.69) is 5.10 Å². The van der Waals surface area contributed by atoms with Crippen LogP contribution < -0.4 is 5.01 Å². The standard InChI is InChI=1S/C15H11ClN2O2/c16-10-4-3-5-11(8-10)18-15(20)9-13(17-18)12-6-1-2-7-14(12)19/h1-8,19H,9H2. The van der Waals surface area contributed by atoms with Gasteiger partial charge in [0.15, 0.2) is 0 Å². The third-order valence-corrected chi connectivity index (χ3v) is 3.28. The Hall–Kier alpha value is -2.33. The van der Waals surface area contributed by atoms with Crippen molar-refractivity contribution in [3.63, 3.8) is 0 Å². The number of amides is 1. The van der Waals surface area contributed by atoms with Gasteiger partial charge < -0.3 is 5.11 Å². The van der Waals surface area contributed by atoms with Crippen LogP contribution in [0.15, 0.2) is 53.6 Å². The fraction of sp³-hybridized carbons (Fsp3) is 0.0667. The summed E-state index contributed by atoms with van der Waals surface area (Å²) < 4.78 is 0. The summed E-state index contributed by atoms with van der Waals surface area (Å²) in [6.45, 7) is 0. The van der Waals surface area contributed by atoms with Crippen molar-refractivity contribution < 1.29 is 9.90 Å². The Morgan fingerprint density at radius 3 is 2.70 bits per heavy atom. The Bertz CT molecular complexity index is 713. The van der Waals surface area contributed by atoms with Gasteiger partial charge in [-0.3, -0.25) is 4.79 Å². The van der Waals surface area contributed by atoms with Gasteiger partial charge in [-0.05, 0) is 30.3 Å². The van der Waals surface area contributed by atoms with Crippen LogP contribution in [0.25, 0.3) is 0 Å².